The van der Waals surface area contributed by atoms with Gasteiger partial charge in [0.05, 0.1) is 18.1 Å². The number of imidazole rings is 1. The molecule has 1 heterocycles. The van der Waals surface area contributed by atoms with Gasteiger partial charge < -0.3 is 20.4 Å². The number of aryl methyl sites for hydroxylation is 1. The second-order valence-electron chi connectivity index (χ2n) is 6.02. The number of carbonyl (C=O) groups is 1. The molecule has 6 nitrogen and oxygen atoms in total. The van der Waals surface area contributed by atoms with Crippen molar-refractivity contribution < 1.29 is 9.53 Å². The van der Waals surface area contributed by atoms with E-state index in [0.717, 1.165) is 16.8 Å². The molecule has 1 amide bonds. The van der Waals surface area contributed by atoms with Gasteiger partial charge in [-0.2, -0.15) is 0 Å². The molecule has 114 valence electrons. The third-order valence-corrected chi connectivity index (χ3v) is 3.06. The molecule has 0 aliphatic heterocycles. The van der Waals surface area contributed by atoms with Gasteiger partial charge in [0, 0.05) is 24.6 Å². The number of carbonyl (C=O) groups excluding carboxylic acids is 1. The minimum Gasteiger partial charge on any atom is -0.497 e. The van der Waals surface area contributed by atoms with Crippen LogP contribution >= 0.6 is 0 Å². The Morgan fingerprint density at radius 2 is 2.14 bits per heavy atom. The van der Waals surface area contributed by atoms with Crippen molar-refractivity contribution in [2.24, 2.45) is 0 Å². The lowest BCUT2D eigenvalue weighted by molar-refractivity contribution is -0.122. The summed E-state index contributed by atoms with van der Waals surface area (Å²) in [5, 5.41) is 2.93. The Labute approximate surface area is 124 Å². The maximum atomic E-state index is 11.9. The van der Waals surface area contributed by atoms with Crippen LogP contribution in [-0.4, -0.2) is 28.1 Å². The van der Waals surface area contributed by atoms with Gasteiger partial charge in [-0.15, -0.1) is 0 Å². The van der Waals surface area contributed by atoms with Crippen LogP contribution in [-0.2, 0) is 11.3 Å². The van der Waals surface area contributed by atoms with E-state index in [1.54, 1.807) is 7.11 Å². The Bertz CT molecular complexity index is 655. The summed E-state index contributed by atoms with van der Waals surface area (Å²) in [6, 6.07) is 5.57. The highest BCUT2D eigenvalue weighted by Gasteiger charge is 2.15. The number of methoxy groups -OCH3 is 1. The molecule has 0 saturated carbocycles. The topological polar surface area (TPSA) is 82.2 Å². The number of nitrogens with zero attached hydrogens (tertiary/aromatic N) is 2. The van der Waals surface area contributed by atoms with Gasteiger partial charge in [-0.25, -0.2) is 4.98 Å². The van der Waals surface area contributed by atoms with Crippen molar-refractivity contribution in [2.45, 2.75) is 39.3 Å². The van der Waals surface area contributed by atoms with Crippen molar-refractivity contribution in [3.63, 3.8) is 0 Å². The largest absolute Gasteiger partial charge is 0.497 e. The number of amides is 1. The van der Waals surface area contributed by atoms with E-state index < -0.39 is 0 Å². The van der Waals surface area contributed by atoms with E-state index in [4.69, 9.17) is 10.5 Å². The number of nitrogen functional groups attached to an aromatic ring is 1. The van der Waals surface area contributed by atoms with Gasteiger partial charge in [0.1, 0.15) is 5.75 Å². The lowest BCUT2D eigenvalue weighted by atomic mass is 10.1. The van der Waals surface area contributed by atoms with Gasteiger partial charge in [0.2, 0.25) is 11.9 Å². The minimum absolute atomic E-state index is 0.00774. The normalized spacial score (nSPS) is 11.6. The monoisotopic (exact) mass is 290 g/mol. The maximum Gasteiger partial charge on any atom is 0.222 e. The van der Waals surface area contributed by atoms with Crippen molar-refractivity contribution in [1.29, 1.82) is 0 Å². The molecular weight excluding hydrogens is 268 g/mol. The van der Waals surface area contributed by atoms with Gasteiger partial charge in [0.15, 0.2) is 0 Å². The number of rotatable bonds is 4. The van der Waals surface area contributed by atoms with Crippen LogP contribution in [0.3, 0.4) is 0 Å². The molecule has 0 aliphatic carbocycles. The Balaban J connectivity index is 2.18. The van der Waals surface area contributed by atoms with E-state index in [-0.39, 0.29) is 11.4 Å². The molecule has 0 saturated heterocycles. The Morgan fingerprint density at radius 1 is 1.43 bits per heavy atom. The second-order valence-corrected chi connectivity index (χ2v) is 6.02. The molecule has 0 unspecified atom stereocenters. The van der Waals surface area contributed by atoms with E-state index in [0.29, 0.717) is 18.9 Å². The summed E-state index contributed by atoms with van der Waals surface area (Å²) in [5.41, 5.74) is 7.37. The van der Waals surface area contributed by atoms with Crippen molar-refractivity contribution >= 4 is 22.9 Å². The fourth-order valence-electron chi connectivity index (χ4n) is 2.18. The number of aromatic nitrogens is 2. The van der Waals surface area contributed by atoms with Crippen molar-refractivity contribution in [1.82, 2.24) is 14.9 Å². The van der Waals surface area contributed by atoms with Crippen LogP contribution < -0.4 is 15.8 Å². The maximum absolute atomic E-state index is 11.9. The van der Waals surface area contributed by atoms with Crippen molar-refractivity contribution in [2.75, 3.05) is 12.8 Å². The average molecular weight is 290 g/mol. The summed E-state index contributed by atoms with van der Waals surface area (Å²) in [4.78, 5) is 16.2. The summed E-state index contributed by atoms with van der Waals surface area (Å²) in [6.45, 7) is 6.35. The first-order chi connectivity index (χ1) is 9.80. The smallest absolute Gasteiger partial charge is 0.222 e. The molecule has 2 aromatic rings. The molecule has 3 N–H and O–H groups in total. The number of nitrogens with two attached hydrogens (primary N) is 1. The van der Waals surface area contributed by atoms with Crippen LogP contribution in [0.1, 0.15) is 27.2 Å². The van der Waals surface area contributed by atoms with Crippen LogP contribution in [0.4, 0.5) is 5.95 Å². The quantitative estimate of drug-likeness (QED) is 0.901. The Morgan fingerprint density at radius 3 is 2.76 bits per heavy atom. The molecule has 2 rings (SSSR count). The number of hydrogen-bond donors (Lipinski definition) is 2. The van der Waals surface area contributed by atoms with E-state index in [9.17, 15) is 4.79 Å². The molecule has 6 heteroatoms. The summed E-state index contributed by atoms with van der Waals surface area (Å²) < 4.78 is 7.05. The van der Waals surface area contributed by atoms with E-state index in [1.807, 2.05) is 43.5 Å². The third kappa shape index (κ3) is 3.65. The number of nitrogens with one attached hydrogen (secondary N) is 1. The fourth-order valence-corrected chi connectivity index (χ4v) is 2.18. The van der Waals surface area contributed by atoms with Gasteiger partial charge in [-0.1, -0.05) is 0 Å². The summed E-state index contributed by atoms with van der Waals surface area (Å²) in [6.07, 6.45) is 0.351. The molecule has 1 aromatic carbocycles. The summed E-state index contributed by atoms with van der Waals surface area (Å²) in [5.74, 6) is 1.14. The molecule has 1 aromatic heterocycles. The van der Waals surface area contributed by atoms with Crippen LogP contribution in [0.25, 0.3) is 11.0 Å². The molecule has 0 radical (unpaired) electrons. The molecule has 0 atom stereocenters. The predicted molar refractivity (Wildman–Crippen MR) is 83.2 cm³/mol. The van der Waals surface area contributed by atoms with Gasteiger partial charge in [-0.3, -0.25) is 4.79 Å². The van der Waals surface area contributed by atoms with Crippen LogP contribution in [0, 0.1) is 0 Å². The van der Waals surface area contributed by atoms with Crippen molar-refractivity contribution in [3.05, 3.63) is 18.2 Å². The molecule has 0 bridgehead atoms. The minimum atomic E-state index is -0.233. The number of anilines is 1. The van der Waals surface area contributed by atoms with Crippen LogP contribution in [0.15, 0.2) is 18.2 Å². The fraction of sp³-hybridized carbons (Fsp3) is 0.467. The zero-order valence-electron chi connectivity index (χ0n) is 12.9. The van der Waals surface area contributed by atoms with Gasteiger partial charge in [-0.05, 0) is 32.9 Å². The van der Waals surface area contributed by atoms with Crippen LogP contribution in [0.5, 0.6) is 5.75 Å². The van der Waals surface area contributed by atoms with E-state index in [1.165, 1.54) is 0 Å². The molecule has 0 aliphatic rings. The highest BCUT2D eigenvalue weighted by molar-refractivity contribution is 5.81. The lowest BCUT2D eigenvalue weighted by Crippen LogP contribution is -2.40. The first-order valence-electron chi connectivity index (χ1n) is 6.91. The highest BCUT2D eigenvalue weighted by Crippen LogP contribution is 2.23. The first-order valence-corrected chi connectivity index (χ1v) is 6.91. The van der Waals surface area contributed by atoms with E-state index >= 15 is 0 Å². The number of ether oxygens (including phenoxy) is 1. The molecule has 21 heavy (non-hydrogen) atoms. The Kier molecular flexibility index (Phi) is 4.06. The second kappa shape index (κ2) is 5.63. The number of fused-ring (bicyclic) bond motifs is 1. The zero-order valence-corrected chi connectivity index (χ0v) is 12.9. The average Bonchev–Trinajstić information content (AvgIpc) is 2.69. The predicted octanol–water partition coefficient (Wildman–Crippen LogP) is 1.93. The Hall–Kier alpha value is -2.24. The van der Waals surface area contributed by atoms with Crippen LogP contribution in [0.2, 0.25) is 0 Å². The SMILES string of the molecule is COc1ccc2nc(N)n(CCC(=O)NC(C)(C)C)c2c1. The number of benzene rings is 1. The third-order valence-electron chi connectivity index (χ3n) is 3.06. The summed E-state index contributed by atoms with van der Waals surface area (Å²) >= 11 is 0. The molecule has 0 fully saturated rings. The van der Waals surface area contributed by atoms with Gasteiger partial charge in [0.25, 0.3) is 0 Å². The van der Waals surface area contributed by atoms with Crippen molar-refractivity contribution in [3.8, 4) is 5.75 Å². The standard InChI is InChI=1S/C15H22N4O2/c1-15(2,3)18-13(20)7-8-19-12-9-10(21-4)5-6-11(12)17-14(19)16/h5-6,9H,7-8H2,1-4H3,(H2,16,17)(H,18,20). The lowest BCUT2D eigenvalue weighted by Gasteiger charge is -2.20. The highest BCUT2D eigenvalue weighted by atomic mass is 16.5. The van der Waals surface area contributed by atoms with E-state index in [2.05, 4.69) is 10.3 Å². The first kappa shape index (κ1) is 15.2. The van der Waals surface area contributed by atoms with Gasteiger partial charge >= 0.3 is 0 Å². The molecular formula is C15H22N4O2. The molecule has 0 spiro atoms. The zero-order chi connectivity index (χ0) is 15.6. The number of hydrogen-bond acceptors (Lipinski definition) is 4. The summed E-state index contributed by atoms with van der Waals surface area (Å²) in [7, 11) is 1.61.